The fourth-order valence-corrected chi connectivity index (χ4v) is 3.69. The van der Waals surface area contributed by atoms with Gasteiger partial charge in [-0.05, 0) is 64.1 Å². The Hall–Kier alpha value is -1.33. The first-order valence-corrected chi connectivity index (χ1v) is 8.12. The molecule has 0 amide bonds. The highest BCUT2D eigenvalue weighted by atomic mass is 16.7. The van der Waals surface area contributed by atoms with Crippen LogP contribution in [0.15, 0.2) is 12.3 Å². The van der Waals surface area contributed by atoms with Crippen molar-refractivity contribution < 1.29 is 9.31 Å². The standard InChI is InChI=1S/C17H23BN2O2/c1-16(2)17(3,4)22-18(21-16)12-9-10-19-15-14(12)11-7-6-8-13(11)20(15)5/h9-10H,6-8H2,1-5H3. The van der Waals surface area contributed by atoms with Crippen LogP contribution in [0.25, 0.3) is 11.0 Å². The molecule has 0 N–H and O–H groups in total. The van der Waals surface area contributed by atoms with Crippen LogP contribution in [0, 0.1) is 0 Å². The van der Waals surface area contributed by atoms with E-state index in [4.69, 9.17) is 9.31 Å². The quantitative estimate of drug-likeness (QED) is 0.758. The number of hydrogen-bond acceptors (Lipinski definition) is 3. The van der Waals surface area contributed by atoms with Crippen molar-refractivity contribution in [1.29, 1.82) is 0 Å². The van der Waals surface area contributed by atoms with E-state index >= 15 is 0 Å². The van der Waals surface area contributed by atoms with Gasteiger partial charge in [-0.3, -0.25) is 0 Å². The first-order chi connectivity index (χ1) is 10.3. The Morgan fingerprint density at radius 2 is 1.82 bits per heavy atom. The van der Waals surface area contributed by atoms with Crippen molar-refractivity contribution in [2.24, 2.45) is 7.05 Å². The minimum absolute atomic E-state index is 0.314. The number of hydrogen-bond donors (Lipinski definition) is 0. The third kappa shape index (κ3) is 1.75. The molecule has 5 heteroatoms. The van der Waals surface area contributed by atoms with Crippen molar-refractivity contribution in [2.75, 3.05) is 0 Å². The Labute approximate surface area is 132 Å². The number of pyridine rings is 1. The summed E-state index contributed by atoms with van der Waals surface area (Å²) in [5.74, 6) is 0. The van der Waals surface area contributed by atoms with Gasteiger partial charge in [0, 0.05) is 24.3 Å². The van der Waals surface area contributed by atoms with Gasteiger partial charge >= 0.3 is 7.12 Å². The summed E-state index contributed by atoms with van der Waals surface area (Å²) in [5.41, 5.74) is 4.41. The van der Waals surface area contributed by atoms with Crippen molar-refractivity contribution in [3.63, 3.8) is 0 Å². The molecule has 0 atom stereocenters. The van der Waals surface area contributed by atoms with Gasteiger partial charge < -0.3 is 13.9 Å². The molecule has 4 nitrogen and oxygen atoms in total. The average molecular weight is 298 g/mol. The molecule has 2 aliphatic rings. The van der Waals surface area contributed by atoms with Gasteiger partial charge in [-0.25, -0.2) is 4.98 Å². The normalized spacial score (nSPS) is 22.5. The van der Waals surface area contributed by atoms with E-state index in [1.165, 1.54) is 23.1 Å². The molecule has 0 radical (unpaired) electrons. The van der Waals surface area contributed by atoms with E-state index < -0.39 is 0 Å². The maximum absolute atomic E-state index is 6.27. The van der Waals surface area contributed by atoms with Crippen LogP contribution < -0.4 is 5.46 Å². The maximum atomic E-state index is 6.27. The lowest BCUT2D eigenvalue weighted by Gasteiger charge is -2.32. The fourth-order valence-electron chi connectivity index (χ4n) is 3.69. The van der Waals surface area contributed by atoms with Gasteiger partial charge in [-0.2, -0.15) is 0 Å². The smallest absolute Gasteiger partial charge is 0.399 e. The number of nitrogens with zero attached hydrogens (tertiary/aromatic N) is 2. The predicted molar refractivity (Wildman–Crippen MR) is 88.5 cm³/mol. The minimum Gasteiger partial charge on any atom is -0.399 e. The second-order valence-corrected chi connectivity index (χ2v) is 7.52. The highest BCUT2D eigenvalue weighted by molar-refractivity contribution is 6.65. The Kier molecular flexibility index (Phi) is 2.83. The van der Waals surface area contributed by atoms with Crippen LogP contribution in [0.5, 0.6) is 0 Å². The van der Waals surface area contributed by atoms with Crippen LogP contribution in [0.4, 0.5) is 0 Å². The molecule has 116 valence electrons. The van der Waals surface area contributed by atoms with E-state index in [9.17, 15) is 0 Å². The minimum atomic E-state index is -0.317. The van der Waals surface area contributed by atoms with E-state index in [1.54, 1.807) is 0 Å². The summed E-state index contributed by atoms with van der Waals surface area (Å²) in [5, 5.41) is 1.25. The molecular formula is C17H23BN2O2. The second-order valence-electron chi connectivity index (χ2n) is 7.52. The zero-order chi connectivity index (χ0) is 15.7. The van der Waals surface area contributed by atoms with Gasteiger partial charge in [0.05, 0.1) is 11.2 Å². The van der Waals surface area contributed by atoms with Crippen LogP contribution in [0.3, 0.4) is 0 Å². The fraction of sp³-hybridized carbons (Fsp3) is 0.588. The van der Waals surface area contributed by atoms with Crippen molar-refractivity contribution in [1.82, 2.24) is 9.55 Å². The summed E-state index contributed by atoms with van der Waals surface area (Å²) < 4.78 is 14.8. The van der Waals surface area contributed by atoms with Gasteiger partial charge in [0.15, 0.2) is 0 Å². The van der Waals surface area contributed by atoms with Crippen LogP contribution >= 0.6 is 0 Å². The van der Waals surface area contributed by atoms with E-state index in [0.717, 1.165) is 24.0 Å². The molecule has 22 heavy (non-hydrogen) atoms. The molecule has 1 aliphatic heterocycles. The zero-order valence-electron chi connectivity index (χ0n) is 14.1. The van der Waals surface area contributed by atoms with E-state index in [0.29, 0.717) is 0 Å². The molecule has 0 aromatic carbocycles. The number of rotatable bonds is 1. The number of fused-ring (bicyclic) bond motifs is 3. The van der Waals surface area contributed by atoms with Crippen LogP contribution in [-0.4, -0.2) is 27.9 Å². The lowest BCUT2D eigenvalue weighted by molar-refractivity contribution is 0.00578. The monoisotopic (exact) mass is 298 g/mol. The van der Waals surface area contributed by atoms with E-state index in [2.05, 4.69) is 50.4 Å². The molecule has 0 bridgehead atoms. The molecule has 1 saturated heterocycles. The Balaban J connectivity index is 1.89. The third-order valence-corrected chi connectivity index (χ3v) is 5.68. The third-order valence-electron chi connectivity index (χ3n) is 5.68. The molecule has 4 rings (SSSR count). The van der Waals surface area contributed by atoms with E-state index in [-0.39, 0.29) is 18.3 Å². The lowest BCUT2D eigenvalue weighted by Crippen LogP contribution is -2.41. The van der Waals surface area contributed by atoms with Crippen LogP contribution in [0.2, 0.25) is 0 Å². The summed E-state index contributed by atoms with van der Waals surface area (Å²) in [6.07, 6.45) is 5.37. The largest absolute Gasteiger partial charge is 0.495 e. The Morgan fingerprint density at radius 1 is 1.14 bits per heavy atom. The summed E-state index contributed by atoms with van der Waals surface area (Å²) in [6, 6.07) is 2.06. The van der Waals surface area contributed by atoms with Crippen molar-refractivity contribution in [3.8, 4) is 0 Å². The summed E-state index contributed by atoms with van der Waals surface area (Å²) >= 11 is 0. The molecule has 1 fully saturated rings. The van der Waals surface area contributed by atoms with E-state index in [1.807, 2.05) is 6.20 Å². The number of aryl methyl sites for hydroxylation is 2. The van der Waals surface area contributed by atoms with Gasteiger partial charge in [0.25, 0.3) is 0 Å². The molecule has 0 spiro atoms. The van der Waals surface area contributed by atoms with Crippen molar-refractivity contribution in [2.45, 2.75) is 58.2 Å². The molecule has 0 unspecified atom stereocenters. The first kappa shape index (κ1) is 14.3. The van der Waals surface area contributed by atoms with Gasteiger partial charge in [-0.15, -0.1) is 0 Å². The van der Waals surface area contributed by atoms with Crippen molar-refractivity contribution >= 4 is 23.6 Å². The summed E-state index contributed by atoms with van der Waals surface area (Å²) in [6.45, 7) is 8.39. The molecule has 2 aromatic rings. The number of aromatic nitrogens is 2. The highest BCUT2D eigenvalue weighted by Crippen LogP contribution is 2.38. The van der Waals surface area contributed by atoms with Crippen LogP contribution in [0.1, 0.15) is 45.4 Å². The maximum Gasteiger partial charge on any atom is 0.495 e. The predicted octanol–water partition coefficient (Wildman–Crippen LogP) is 2.36. The van der Waals surface area contributed by atoms with Crippen LogP contribution in [-0.2, 0) is 29.2 Å². The van der Waals surface area contributed by atoms with Crippen molar-refractivity contribution in [3.05, 3.63) is 23.5 Å². The van der Waals surface area contributed by atoms with Gasteiger partial charge in [0.2, 0.25) is 0 Å². The molecule has 1 aliphatic carbocycles. The molecular weight excluding hydrogens is 275 g/mol. The van der Waals surface area contributed by atoms with Gasteiger partial charge in [0.1, 0.15) is 5.65 Å². The SMILES string of the molecule is Cn1c2c(c3c(B4OC(C)(C)C(C)(C)O4)ccnc31)CCC2. The Bertz CT molecular complexity index is 748. The summed E-state index contributed by atoms with van der Waals surface area (Å²) in [4.78, 5) is 4.60. The molecule has 2 aromatic heterocycles. The molecule has 3 heterocycles. The topological polar surface area (TPSA) is 36.3 Å². The average Bonchev–Trinajstić information content (AvgIpc) is 3.06. The zero-order valence-corrected chi connectivity index (χ0v) is 14.1. The summed E-state index contributed by atoms with van der Waals surface area (Å²) in [7, 11) is 1.80. The van der Waals surface area contributed by atoms with Gasteiger partial charge in [-0.1, -0.05) is 0 Å². The first-order valence-electron chi connectivity index (χ1n) is 8.12. The lowest BCUT2D eigenvalue weighted by atomic mass is 9.77. The second kappa shape index (κ2) is 4.36. The molecule has 0 saturated carbocycles. The Morgan fingerprint density at radius 3 is 2.50 bits per heavy atom. The highest BCUT2D eigenvalue weighted by Gasteiger charge is 2.52.